The van der Waals surface area contributed by atoms with Gasteiger partial charge in [0.25, 0.3) is 5.91 Å². The number of thiazole rings is 1. The highest BCUT2D eigenvalue weighted by Gasteiger charge is 2.26. The first kappa shape index (κ1) is 18.4. The topological polar surface area (TPSA) is 54.5 Å². The number of piperidine rings is 1. The highest BCUT2D eigenvalue weighted by molar-refractivity contribution is 7.14. The van der Waals surface area contributed by atoms with E-state index in [-0.39, 0.29) is 5.91 Å². The molecule has 0 radical (unpaired) electrons. The second kappa shape index (κ2) is 7.60. The normalized spacial score (nSPS) is 19.7. The predicted molar refractivity (Wildman–Crippen MR) is 109 cm³/mol. The maximum atomic E-state index is 13.1. The summed E-state index contributed by atoms with van der Waals surface area (Å²) in [6.07, 6.45) is 5.53. The number of nitrogens with one attached hydrogen (secondary N) is 1. The summed E-state index contributed by atoms with van der Waals surface area (Å²) in [7, 11) is 3.81. The number of hydrogen-bond acceptors (Lipinski definition) is 5. The van der Waals surface area contributed by atoms with Crippen molar-refractivity contribution in [2.24, 2.45) is 0 Å². The van der Waals surface area contributed by atoms with Gasteiger partial charge in [0.2, 0.25) is 0 Å². The van der Waals surface area contributed by atoms with E-state index in [1.807, 2.05) is 13.0 Å². The third kappa shape index (κ3) is 3.60. The molecule has 1 aromatic carbocycles. The van der Waals surface area contributed by atoms with Crippen molar-refractivity contribution in [3.05, 3.63) is 38.8 Å². The highest BCUT2D eigenvalue weighted by atomic mass is 32.1. The Labute approximate surface area is 164 Å². The Hall–Kier alpha value is -1.92. The molecule has 1 unspecified atom stereocenters. The number of likely N-dealkylation sites (tertiary alicyclic amines) is 1. The lowest BCUT2D eigenvalue weighted by Gasteiger charge is -2.28. The lowest BCUT2D eigenvalue weighted by atomic mass is 9.99. The third-order valence-corrected chi connectivity index (χ3v) is 7.01. The number of fused-ring (bicyclic) bond motifs is 1. The van der Waals surface area contributed by atoms with E-state index in [0.29, 0.717) is 5.92 Å². The number of likely N-dealkylation sites (N-methyl/N-ethyl adjacent to an activating group) is 1. The molecular formula is C21H27N3O2S. The van der Waals surface area contributed by atoms with Gasteiger partial charge >= 0.3 is 0 Å². The van der Waals surface area contributed by atoms with Gasteiger partial charge in [-0.2, -0.15) is 0 Å². The number of carbonyl (C=O) groups is 1. The molecule has 1 aliphatic heterocycles. The molecule has 0 saturated carbocycles. The Kier molecular flexibility index (Phi) is 5.19. The van der Waals surface area contributed by atoms with E-state index in [4.69, 9.17) is 9.72 Å². The summed E-state index contributed by atoms with van der Waals surface area (Å²) in [6.45, 7) is 4.11. The Morgan fingerprint density at radius 2 is 2.19 bits per heavy atom. The third-order valence-electron chi connectivity index (χ3n) is 5.70. The van der Waals surface area contributed by atoms with Crippen LogP contribution >= 0.6 is 11.3 Å². The zero-order valence-corrected chi connectivity index (χ0v) is 17.1. The summed E-state index contributed by atoms with van der Waals surface area (Å²) < 4.78 is 5.52. The number of benzene rings is 1. The Morgan fingerprint density at radius 3 is 2.96 bits per heavy atom. The molecule has 1 amide bonds. The van der Waals surface area contributed by atoms with Crippen LogP contribution in [-0.4, -0.2) is 43.0 Å². The summed E-state index contributed by atoms with van der Waals surface area (Å²) in [4.78, 5) is 20.9. The molecule has 4 rings (SSSR count). The molecule has 1 atom stereocenters. The monoisotopic (exact) mass is 385 g/mol. The van der Waals surface area contributed by atoms with Gasteiger partial charge in [-0.15, -0.1) is 11.3 Å². The molecule has 1 N–H and O–H groups in total. The summed E-state index contributed by atoms with van der Waals surface area (Å²) in [5.41, 5.74) is 4.20. The molecule has 144 valence electrons. The zero-order valence-electron chi connectivity index (χ0n) is 16.3. The first-order valence-corrected chi connectivity index (χ1v) is 10.5. The minimum absolute atomic E-state index is 0.0704. The largest absolute Gasteiger partial charge is 0.495 e. The Bertz CT molecular complexity index is 861. The van der Waals surface area contributed by atoms with Crippen molar-refractivity contribution in [3.63, 3.8) is 0 Å². The number of nitrogens with zero attached hydrogens (tertiary/aromatic N) is 2. The number of methoxy groups -OCH3 is 1. The second-order valence-electron chi connectivity index (χ2n) is 7.66. The Morgan fingerprint density at radius 1 is 1.33 bits per heavy atom. The second-order valence-corrected chi connectivity index (χ2v) is 8.69. The fraction of sp³-hybridized carbons (Fsp3) is 0.524. The van der Waals surface area contributed by atoms with Crippen molar-refractivity contribution in [2.75, 3.05) is 32.6 Å². The smallest absolute Gasteiger partial charge is 0.267 e. The molecule has 5 nitrogen and oxygen atoms in total. The first-order chi connectivity index (χ1) is 13.1. The van der Waals surface area contributed by atoms with Crippen molar-refractivity contribution in [1.29, 1.82) is 0 Å². The molecular weight excluding hydrogens is 358 g/mol. The molecule has 2 aliphatic rings. The molecule has 1 aliphatic carbocycles. The van der Waals surface area contributed by atoms with Crippen LogP contribution in [0.25, 0.3) is 0 Å². The van der Waals surface area contributed by atoms with Crippen molar-refractivity contribution >= 4 is 22.9 Å². The zero-order chi connectivity index (χ0) is 19.0. The minimum Gasteiger partial charge on any atom is -0.495 e. The van der Waals surface area contributed by atoms with Crippen LogP contribution in [0, 0.1) is 6.92 Å². The molecule has 2 heterocycles. The molecule has 1 saturated heterocycles. The summed E-state index contributed by atoms with van der Waals surface area (Å²) in [5, 5.41) is 4.23. The van der Waals surface area contributed by atoms with Crippen LogP contribution in [-0.2, 0) is 12.8 Å². The number of ether oxygens (including phenoxy) is 1. The molecule has 0 spiro atoms. The Balaban J connectivity index is 1.59. The van der Waals surface area contributed by atoms with Gasteiger partial charge in [-0.1, -0.05) is 6.07 Å². The lowest BCUT2D eigenvalue weighted by molar-refractivity contribution is 0.102. The van der Waals surface area contributed by atoms with Crippen LogP contribution in [0.1, 0.15) is 56.7 Å². The minimum atomic E-state index is -0.0704. The van der Waals surface area contributed by atoms with Crippen molar-refractivity contribution in [2.45, 2.75) is 44.9 Å². The standard InChI is InChI=1S/C21H27N3O2S/c1-13-19(27-21(22-13)15-7-5-11-24(2)12-15)20(25)23-18-16-8-4-6-14(16)9-10-17(18)26-3/h9-10,15H,4-8,11-12H2,1-3H3,(H,23,25). The average molecular weight is 386 g/mol. The maximum Gasteiger partial charge on any atom is 0.267 e. The molecule has 2 aromatic rings. The van der Waals surface area contributed by atoms with Crippen LogP contribution in [0.5, 0.6) is 5.75 Å². The molecule has 1 aromatic heterocycles. The lowest BCUT2D eigenvalue weighted by Crippen LogP contribution is -2.30. The molecule has 1 fully saturated rings. The van der Waals surface area contributed by atoms with Crippen molar-refractivity contribution in [3.8, 4) is 5.75 Å². The molecule has 6 heteroatoms. The van der Waals surface area contributed by atoms with Gasteiger partial charge in [0.15, 0.2) is 0 Å². The van der Waals surface area contributed by atoms with E-state index in [1.165, 1.54) is 17.5 Å². The summed E-state index contributed by atoms with van der Waals surface area (Å²) >= 11 is 1.55. The van der Waals surface area contributed by atoms with Crippen molar-refractivity contribution < 1.29 is 9.53 Å². The quantitative estimate of drug-likeness (QED) is 0.864. The number of amides is 1. The van der Waals surface area contributed by atoms with Gasteiger partial charge < -0.3 is 15.0 Å². The van der Waals surface area contributed by atoms with Crippen molar-refractivity contribution in [1.82, 2.24) is 9.88 Å². The predicted octanol–water partition coefficient (Wildman–Crippen LogP) is 4.01. The van der Waals surface area contributed by atoms with Gasteiger partial charge in [0.05, 0.1) is 23.5 Å². The summed E-state index contributed by atoms with van der Waals surface area (Å²) in [5.74, 6) is 1.10. The van der Waals surface area contributed by atoms with E-state index in [9.17, 15) is 4.79 Å². The number of hydrogen-bond donors (Lipinski definition) is 1. The van der Waals surface area contributed by atoms with Gasteiger partial charge in [0, 0.05) is 12.5 Å². The van der Waals surface area contributed by atoms with Gasteiger partial charge in [0.1, 0.15) is 10.6 Å². The number of carbonyl (C=O) groups excluding carboxylic acids is 1. The molecule has 27 heavy (non-hydrogen) atoms. The number of anilines is 1. The summed E-state index contributed by atoms with van der Waals surface area (Å²) in [6, 6.07) is 4.08. The van der Waals surface area contributed by atoms with E-state index >= 15 is 0 Å². The fourth-order valence-electron chi connectivity index (χ4n) is 4.29. The van der Waals surface area contributed by atoms with E-state index in [1.54, 1.807) is 18.4 Å². The maximum absolute atomic E-state index is 13.1. The number of aromatic nitrogens is 1. The average Bonchev–Trinajstić information content (AvgIpc) is 3.28. The van der Waals surface area contributed by atoms with Gasteiger partial charge in [-0.3, -0.25) is 4.79 Å². The van der Waals surface area contributed by atoms with Crippen LogP contribution in [0.15, 0.2) is 12.1 Å². The first-order valence-electron chi connectivity index (χ1n) is 9.72. The van der Waals surface area contributed by atoms with Crippen LogP contribution in [0.3, 0.4) is 0 Å². The number of aryl methyl sites for hydroxylation is 2. The highest BCUT2D eigenvalue weighted by Crippen LogP contribution is 2.37. The van der Waals surface area contributed by atoms with Gasteiger partial charge in [-0.05, 0) is 69.8 Å². The van der Waals surface area contributed by atoms with E-state index < -0.39 is 0 Å². The SMILES string of the molecule is COc1ccc2c(c1NC(=O)c1sc(C3CCCN(C)C3)nc1C)CCC2. The number of rotatable bonds is 4. The van der Waals surface area contributed by atoms with Gasteiger partial charge in [-0.25, -0.2) is 4.98 Å². The van der Waals surface area contributed by atoms with Crippen LogP contribution < -0.4 is 10.1 Å². The molecule has 0 bridgehead atoms. The van der Waals surface area contributed by atoms with Crippen LogP contribution in [0.2, 0.25) is 0 Å². The van der Waals surface area contributed by atoms with E-state index in [2.05, 4.69) is 23.3 Å². The fourth-order valence-corrected chi connectivity index (χ4v) is 5.38. The van der Waals surface area contributed by atoms with E-state index in [0.717, 1.165) is 65.8 Å². The van der Waals surface area contributed by atoms with Crippen LogP contribution in [0.4, 0.5) is 5.69 Å².